The van der Waals surface area contributed by atoms with E-state index in [1.165, 1.54) is 0 Å². The van der Waals surface area contributed by atoms with Gasteiger partial charge >= 0.3 is 5.97 Å². The molecule has 0 heterocycles. The van der Waals surface area contributed by atoms with E-state index in [-0.39, 0.29) is 11.3 Å². The van der Waals surface area contributed by atoms with Gasteiger partial charge in [0.15, 0.2) is 0 Å². The first kappa shape index (κ1) is 8.77. The maximum Gasteiger partial charge on any atom is 0.337 e. The summed E-state index contributed by atoms with van der Waals surface area (Å²) < 4.78 is 0. The van der Waals surface area contributed by atoms with Gasteiger partial charge in [0.1, 0.15) is 11.3 Å². The zero-order valence-electron chi connectivity index (χ0n) is 7.27. The topological polar surface area (TPSA) is 83.6 Å². The van der Waals surface area contributed by atoms with Crippen molar-refractivity contribution in [3.63, 3.8) is 0 Å². The second-order valence-corrected chi connectivity index (χ2v) is 3.13. The number of carboxylic acid groups (broad SMARTS) is 1. The predicted molar refractivity (Wildman–Crippen MR) is 50.6 cm³/mol. The molecule has 1 aliphatic carbocycles. The number of aliphatic carboxylic acids is 1. The van der Waals surface area contributed by atoms with E-state index in [9.17, 15) is 9.90 Å². The summed E-state index contributed by atoms with van der Waals surface area (Å²) in [4.78, 5) is 10.8. The van der Waals surface area contributed by atoms with Crippen LogP contribution in [-0.2, 0) is 4.79 Å². The average Bonchev–Trinajstić information content (AvgIpc) is 2.41. The molecule has 1 unspecified atom stereocenters. The summed E-state index contributed by atoms with van der Waals surface area (Å²) >= 11 is 0. The Balaban J connectivity index is 2.62. The largest absolute Gasteiger partial charge is 0.507 e. The van der Waals surface area contributed by atoms with E-state index in [4.69, 9.17) is 10.8 Å². The van der Waals surface area contributed by atoms with Gasteiger partial charge in [0, 0.05) is 5.56 Å². The van der Waals surface area contributed by atoms with Crippen LogP contribution in [0.25, 0.3) is 5.76 Å². The Morgan fingerprint density at radius 2 is 2.00 bits per heavy atom. The van der Waals surface area contributed by atoms with Crippen LogP contribution in [0.2, 0.25) is 0 Å². The minimum atomic E-state index is -1.17. The summed E-state index contributed by atoms with van der Waals surface area (Å²) in [6.45, 7) is 0. The molecular weight excluding hydrogens is 182 g/mol. The first-order valence-corrected chi connectivity index (χ1v) is 4.14. The number of aliphatic hydroxyl groups excluding tert-OH is 1. The molecule has 72 valence electrons. The molecule has 0 bridgehead atoms. The first-order valence-electron chi connectivity index (χ1n) is 4.14. The Hall–Kier alpha value is -1.81. The van der Waals surface area contributed by atoms with Crippen LogP contribution in [-0.4, -0.2) is 16.2 Å². The van der Waals surface area contributed by atoms with Gasteiger partial charge < -0.3 is 15.9 Å². The Kier molecular flexibility index (Phi) is 1.79. The lowest BCUT2D eigenvalue weighted by atomic mass is 10.1. The zero-order valence-corrected chi connectivity index (χ0v) is 7.27. The summed E-state index contributed by atoms with van der Waals surface area (Å²) in [7, 11) is 0. The van der Waals surface area contributed by atoms with Gasteiger partial charge in [-0.3, -0.25) is 0 Å². The SMILES string of the molecule is NC1C(C(=O)O)=C(O)c2ccccc21. The summed E-state index contributed by atoms with van der Waals surface area (Å²) in [5.74, 6) is -1.40. The average molecular weight is 191 g/mol. The summed E-state index contributed by atoms with van der Waals surface area (Å²) in [5, 5.41) is 18.4. The Morgan fingerprint density at radius 3 is 2.57 bits per heavy atom. The highest BCUT2D eigenvalue weighted by molar-refractivity contribution is 5.99. The number of benzene rings is 1. The molecule has 4 heteroatoms. The molecule has 14 heavy (non-hydrogen) atoms. The molecule has 0 aromatic heterocycles. The Bertz CT molecular complexity index is 437. The number of rotatable bonds is 1. The highest BCUT2D eigenvalue weighted by Gasteiger charge is 2.32. The van der Waals surface area contributed by atoms with E-state index in [1.54, 1.807) is 24.3 Å². The number of fused-ring (bicyclic) bond motifs is 1. The van der Waals surface area contributed by atoms with Gasteiger partial charge in [0.25, 0.3) is 0 Å². The molecule has 0 amide bonds. The van der Waals surface area contributed by atoms with Gasteiger partial charge in [0.2, 0.25) is 0 Å². The van der Waals surface area contributed by atoms with Crippen molar-refractivity contribution in [2.75, 3.05) is 0 Å². The van der Waals surface area contributed by atoms with Crippen molar-refractivity contribution >= 4 is 11.7 Å². The minimum absolute atomic E-state index is 0.133. The third-order valence-electron chi connectivity index (χ3n) is 2.35. The van der Waals surface area contributed by atoms with E-state index in [1.807, 2.05) is 0 Å². The molecule has 4 nitrogen and oxygen atoms in total. The third kappa shape index (κ3) is 1.01. The van der Waals surface area contributed by atoms with E-state index in [0.29, 0.717) is 11.1 Å². The summed E-state index contributed by atoms with van der Waals surface area (Å²) in [6, 6.07) is 6.12. The minimum Gasteiger partial charge on any atom is -0.507 e. The molecule has 1 aromatic rings. The molecule has 1 aliphatic rings. The van der Waals surface area contributed by atoms with Crippen LogP contribution in [0.15, 0.2) is 29.8 Å². The van der Waals surface area contributed by atoms with Gasteiger partial charge in [-0.05, 0) is 5.56 Å². The molecule has 0 saturated heterocycles. The van der Waals surface area contributed by atoms with Crippen LogP contribution in [0.5, 0.6) is 0 Å². The standard InChI is InChI=1S/C10H9NO3/c11-8-5-3-1-2-4-6(5)9(12)7(8)10(13)14/h1-4,8,12H,11H2,(H,13,14). The maximum atomic E-state index is 10.8. The second kappa shape index (κ2) is 2.85. The number of nitrogens with two attached hydrogens (primary N) is 1. The lowest BCUT2D eigenvalue weighted by molar-refractivity contribution is -0.132. The number of carbonyl (C=O) groups is 1. The fourth-order valence-corrected chi connectivity index (χ4v) is 1.67. The first-order chi connectivity index (χ1) is 6.63. The van der Waals surface area contributed by atoms with Crippen molar-refractivity contribution in [2.45, 2.75) is 6.04 Å². The molecule has 0 aliphatic heterocycles. The quantitative estimate of drug-likeness (QED) is 0.619. The summed E-state index contributed by atoms with van der Waals surface area (Å²) in [6.07, 6.45) is 0. The van der Waals surface area contributed by atoms with Gasteiger partial charge in [0.05, 0.1) is 6.04 Å². The molecule has 4 N–H and O–H groups in total. The van der Waals surface area contributed by atoms with Gasteiger partial charge in [-0.25, -0.2) is 4.79 Å². The lowest BCUT2D eigenvalue weighted by Crippen LogP contribution is -2.16. The van der Waals surface area contributed by atoms with Crippen LogP contribution in [0, 0.1) is 0 Å². The Labute approximate surface area is 80.3 Å². The number of hydrogen-bond donors (Lipinski definition) is 3. The van der Waals surface area contributed by atoms with E-state index in [0.717, 1.165) is 0 Å². The lowest BCUT2D eigenvalue weighted by Gasteiger charge is -2.05. The number of aliphatic hydroxyl groups is 1. The monoisotopic (exact) mass is 191 g/mol. The summed E-state index contributed by atoms with van der Waals surface area (Å²) in [5.41, 5.74) is 6.72. The molecule has 1 aromatic carbocycles. The van der Waals surface area contributed by atoms with Crippen LogP contribution in [0.4, 0.5) is 0 Å². The fourth-order valence-electron chi connectivity index (χ4n) is 1.67. The molecule has 0 fully saturated rings. The van der Waals surface area contributed by atoms with E-state index >= 15 is 0 Å². The highest BCUT2D eigenvalue weighted by Crippen LogP contribution is 2.37. The van der Waals surface area contributed by atoms with Gasteiger partial charge in [-0.15, -0.1) is 0 Å². The van der Waals surface area contributed by atoms with Crippen molar-refractivity contribution in [1.29, 1.82) is 0 Å². The Morgan fingerprint density at radius 1 is 1.36 bits per heavy atom. The van der Waals surface area contributed by atoms with Crippen LogP contribution in [0.1, 0.15) is 17.2 Å². The van der Waals surface area contributed by atoms with E-state index in [2.05, 4.69) is 0 Å². The molecule has 0 saturated carbocycles. The fraction of sp³-hybridized carbons (Fsp3) is 0.100. The third-order valence-corrected chi connectivity index (χ3v) is 2.35. The van der Waals surface area contributed by atoms with Crippen LogP contribution < -0.4 is 5.73 Å². The van der Waals surface area contributed by atoms with Crippen LogP contribution >= 0.6 is 0 Å². The maximum absolute atomic E-state index is 10.8. The van der Waals surface area contributed by atoms with Crippen molar-refractivity contribution in [2.24, 2.45) is 5.73 Å². The number of hydrogen-bond acceptors (Lipinski definition) is 3. The normalized spacial score (nSPS) is 19.6. The van der Waals surface area contributed by atoms with Gasteiger partial charge in [-0.2, -0.15) is 0 Å². The molecule has 0 radical (unpaired) electrons. The highest BCUT2D eigenvalue weighted by atomic mass is 16.4. The number of carboxylic acids is 1. The van der Waals surface area contributed by atoms with Crippen molar-refractivity contribution in [3.8, 4) is 0 Å². The van der Waals surface area contributed by atoms with Crippen LogP contribution in [0.3, 0.4) is 0 Å². The zero-order chi connectivity index (χ0) is 10.3. The predicted octanol–water partition coefficient (Wildman–Crippen LogP) is 1.05. The smallest absolute Gasteiger partial charge is 0.337 e. The van der Waals surface area contributed by atoms with Gasteiger partial charge in [-0.1, -0.05) is 24.3 Å². The molecular formula is C10H9NO3. The van der Waals surface area contributed by atoms with Crippen molar-refractivity contribution in [3.05, 3.63) is 41.0 Å². The van der Waals surface area contributed by atoms with Crippen molar-refractivity contribution in [1.82, 2.24) is 0 Å². The molecule has 2 rings (SSSR count). The van der Waals surface area contributed by atoms with Crippen molar-refractivity contribution < 1.29 is 15.0 Å². The van der Waals surface area contributed by atoms with E-state index < -0.39 is 12.0 Å². The molecule has 1 atom stereocenters. The second-order valence-electron chi connectivity index (χ2n) is 3.13. The molecule has 0 spiro atoms.